The fraction of sp³-hybridized carbons (Fsp3) is 0.588. The Bertz CT molecular complexity index is 470. The van der Waals surface area contributed by atoms with Crippen LogP contribution >= 0.6 is 11.8 Å². The van der Waals surface area contributed by atoms with Crippen LogP contribution in [0.15, 0.2) is 18.2 Å². The van der Waals surface area contributed by atoms with Crippen LogP contribution in [0.25, 0.3) is 0 Å². The number of amides is 1. The van der Waals surface area contributed by atoms with Gasteiger partial charge in [-0.1, -0.05) is 12.1 Å². The Hall–Kier alpha value is -1.16. The highest BCUT2D eigenvalue weighted by Gasteiger charge is 2.15. The Kier molecular flexibility index (Phi) is 6.43. The van der Waals surface area contributed by atoms with E-state index in [1.807, 2.05) is 4.90 Å². The zero-order valence-corrected chi connectivity index (χ0v) is 13.9. The van der Waals surface area contributed by atoms with Crippen LogP contribution in [0.1, 0.15) is 30.4 Å². The van der Waals surface area contributed by atoms with Gasteiger partial charge in [-0.2, -0.15) is 0 Å². The molecule has 1 fully saturated rings. The molecule has 1 aliphatic heterocycles. The predicted octanol–water partition coefficient (Wildman–Crippen LogP) is 3.43. The molecule has 1 heterocycles. The standard InChI is InChI=1S/C17H25NO2S/c1-14-6-7-15(2)16(12-14)20-10-11-21-13-17(19)18-8-4-3-5-9-18/h6-7,12H,3-5,8-11,13H2,1-2H3. The molecule has 1 amide bonds. The Morgan fingerprint density at radius 2 is 2.00 bits per heavy atom. The number of likely N-dealkylation sites (tertiary alicyclic amines) is 1. The van der Waals surface area contributed by atoms with Crippen molar-refractivity contribution in [3.05, 3.63) is 29.3 Å². The molecule has 4 heteroatoms. The first-order valence-electron chi connectivity index (χ1n) is 7.72. The summed E-state index contributed by atoms with van der Waals surface area (Å²) in [6, 6.07) is 6.24. The smallest absolute Gasteiger partial charge is 0.232 e. The number of hydrogen-bond acceptors (Lipinski definition) is 3. The van der Waals surface area contributed by atoms with Gasteiger partial charge in [0.1, 0.15) is 5.75 Å². The molecule has 21 heavy (non-hydrogen) atoms. The Balaban J connectivity index is 1.63. The van der Waals surface area contributed by atoms with E-state index in [0.29, 0.717) is 12.4 Å². The number of thioether (sulfide) groups is 1. The monoisotopic (exact) mass is 307 g/mol. The summed E-state index contributed by atoms with van der Waals surface area (Å²) in [5.74, 6) is 2.67. The normalized spacial score (nSPS) is 15.0. The summed E-state index contributed by atoms with van der Waals surface area (Å²) in [5, 5.41) is 0. The summed E-state index contributed by atoms with van der Waals surface area (Å²) in [6.45, 7) is 6.67. The van der Waals surface area contributed by atoms with Gasteiger partial charge in [-0.15, -0.1) is 11.8 Å². The predicted molar refractivity (Wildman–Crippen MR) is 89.2 cm³/mol. The van der Waals surface area contributed by atoms with Crippen molar-refractivity contribution in [2.75, 3.05) is 31.2 Å². The zero-order chi connectivity index (χ0) is 15.1. The van der Waals surface area contributed by atoms with Crippen molar-refractivity contribution >= 4 is 17.7 Å². The Morgan fingerprint density at radius 1 is 1.24 bits per heavy atom. The van der Waals surface area contributed by atoms with Gasteiger partial charge in [0.15, 0.2) is 0 Å². The van der Waals surface area contributed by atoms with Gasteiger partial charge in [-0.3, -0.25) is 4.79 Å². The lowest BCUT2D eigenvalue weighted by Crippen LogP contribution is -2.36. The lowest BCUT2D eigenvalue weighted by molar-refractivity contribution is -0.129. The van der Waals surface area contributed by atoms with Gasteiger partial charge in [0.05, 0.1) is 12.4 Å². The van der Waals surface area contributed by atoms with Crippen molar-refractivity contribution in [2.45, 2.75) is 33.1 Å². The highest BCUT2D eigenvalue weighted by molar-refractivity contribution is 7.99. The lowest BCUT2D eigenvalue weighted by Gasteiger charge is -2.26. The van der Waals surface area contributed by atoms with Crippen LogP contribution in [0, 0.1) is 13.8 Å². The summed E-state index contributed by atoms with van der Waals surface area (Å²) < 4.78 is 5.80. The van der Waals surface area contributed by atoms with E-state index in [9.17, 15) is 4.79 Å². The van der Waals surface area contributed by atoms with Crippen LogP contribution in [0.4, 0.5) is 0 Å². The average molecular weight is 307 g/mol. The van der Waals surface area contributed by atoms with Gasteiger partial charge in [-0.05, 0) is 50.3 Å². The molecular weight excluding hydrogens is 282 g/mol. The Morgan fingerprint density at radius 3 is 2.76 bits per heavy atom. The minimum absolute atomic E-state index is 0.284. The molecule has 0 unspecified atom stereocenters. The van der Waals surface area contributed by atoms with Gasteiger partial charge in [0.2, 0.25) is 5.91 Å². The largest absolute Gasteiger partial charge is 0.492 e. The maximum atomic E-state index is 12.0. The van der Waals surface area contributed by atoms with Crippen molar-refractivity contribution in [1.82, 2.24) is 4.90 Å². The van der Waals surface area contributed by atoms with Crippen LogP contribution in [0.5, 0.6) is 5.75 Å². The fourth-order valence-corrected chi connectivity index (χ4v) is 3.17. The molecule has 0 radical (unpaired) electrons. The van der Waals surface area contributed by atoms with Crippen molar-refractivity contribution in [1.29, 1.82) is 0 Å². The molecule has 1 aromatic rings. The van der Waals surface area contributed by atoms with Crippen molar-refractivity contribution in [2.24, 2.45) is 0 Å². The first-order valence-corrected chi connectivity index (χ1v) is 8.88. The van der Waals surface area contributed by atoms with Crippen LogP contribution in [0.2, 0.25) is 0 Å². The topological polar surface area (TPSA) is 29.5 Å². The van der Waals surface area contributed by atoms with Crippen LogP contribution in [-0.4, -0.2) is 42.0 Å². The minimum atomic E-state index is 0.284. The molecule has 116 valence electrons. The van der Waals surface area contributed by atoms with Crippen LogP contribution in [-0.2, 0) is 4.79 Å². The van der Waals surface area contributed by atoms with E-state index in [4.69, 9.17) is 4.74 Å². The first-order chi connectivity index (χ1) is 10.2. The summed E-state index contributed by atoms with van der Waals surface area (Å²) in [7, 11) is 0. The van der Waals surface area contributed by atoms with Crippen molar-refractivity contribution in [3.8, 4) is 5.75 Å². The van der Waals surface area contributed by atoms with Gasteiger partial charge < -0.3 is 9.64 Å². The molecule has 0 aliphatic carbocycles. The quantitative estimate of drug-likeness (QED) is 0.754. The third-order valence-electron chi connectivity index (χ3n) is 3.76. The van der Waals surface area contributed by atoms with E-state index in [1.165, 1.54) is 12.0 Å². The molecule has 0 saturated carbocycles. The second-order valence-electron chi connectivity index (χ2n) is 5.61. The number of aryl methyl sites for hydroxylation is 2. The van der Waals surface area contributed by atoms with Crippen molar-refractivity contribution < 1.29 is 9.53 Å². The van der Waals surface area contributed by atoms with Gasteiger partial charge in [0.25, 0.3) is 0 Å². The number of rotatable bonds is 6. The van der Waals surface area contributed by atoms with E-state index in [0.717, 1.165) is 43.0 Å². The van der Waals surface area contributed by atoms with E-state index < -0.39 is 0 Å². The molecule has 0 spiro atoms. The second kappa shape index (κ2) is 8.32. The maximum absolute atomic E-state index is 12.0. The number of nitrogens with zero attached hydrogens (tertiary/aromatic N) is 1. The molecule has 0 aromatic heterocycles. The third kappa shape index (κ3) is 5.27. The minimum Gasteiger partial charge on any atom is -0.492 e. The number of ether oxygens (including phenoxy) is 1. The number of benzene rings is 1. The molecule has 1 saturated heterocycles. The summed E-state index contributed by atoms with van der Waals surface area (Å²) in [4.78, 5) is 14.0. The molecular formula is C17H25NO2S. The second-order valence-corrected chi connectivity index (χ2v) is 6.72. The molecule has 1 aliphatic rings. The summed E-state index contributed by atoms with van der Waals surface area (Å²) >= 11 is 1.67. The number of carbonyl (C=O) groups is 1. The first kappa shape index (κ1) is 16.2. The molecule has 1 aromatic carbocycles. The number of hydrogen-bond donors (Lipinski definition) is 0. The lowest BCUT2D eigenvalue weighted by atomic mass is 10.1. The summed E-state index contributed by atoms with van der Waals surface area (Å²) in [6.07, 6.45) is 3.58. The SMILES string of the molecule is Cc1ccc(C)c(OCCSCC(=O)N2CCCCC2)c1. The highest BCUT2D eigenvalue weighted by atomic mass is 32.2. The van der Waals surface area contributed by atoms with E-state index in [-0.39, 0.29) is 5.91 Å². The number of carbonyl (C=O) groups excluding carboxylic acids is 1. The van der Waals surface area contributed by atoms with E-state index in [1.54, 1.807) is 11.8 Å². The molecule has 0 bridgehead atoms. The van der Waals surface area contributed by atoms with Gasteiger partial charge in [0, 0.05) is 18.8 Å². The fourth-order valence-electron chi connectivity index (χ4n) is 2.47. The number of piperidine rings is 1. The van der Waals surface area contributed by atoms with Gasteiger partial charge in [-0.25, -0.2) is 0 Å². The molecule has 0 N–H and O–H groups in total. The van der Waals surface area contributed by atoms with E-state index in [2.05, 4.69) is 32.0 Å². The van der Waals surface area contributed by atoms with Crippen molar-refractivity contribution in [3.63, 3.8) is 0 Å². The molecule has 3 nitrogen and oxygen atoms in total. The van der Waals surface area contributed by atoms with Crippen LogP contribution in [0.3, 0.4) is 0 Å². The third-order valence-corrected chi connectivity index (χ3v) is 4.67. The zero-order valence-electron chi connectivity index (χ0n) is 13.1. The van der Waals surface area contributed by atoms with E-state index >= 15 is 0 Å². The molecule has 2 rings (SSSR count). The maximum Gasteiger partial charge on any atom is 0.232 e. The average Bonchev–Trinajstić information content (AvgIpc) is 2.51. The highest BCUT2D eigenvalue weighted by Crippen LogP contribution is 2.19. The molecule has 0 atom stereocenters. The van der Waals surface area contributed by atoms with Crippen LogP contribution < -0.4 is 4.74 Å². The van der Waals surface area contributed by atoms with Gasteiger partial charge >= 0.3 is 0 Å². The Labute approximate surface area is 132 Å². The summed E-state index contributed by atoms with van der Waals surface area (Å²) in [5.41, 5.74) is 2.37.